The first-order chi connectivity index (χ1) is 12.2. The second-order valence-electron chi connectivity index (χ2n) is 6.70. The first kappa shape index (κ1) is 16.1. The highest BCUT2D eigenvalue weighted by Gasteiger charge is 2.43. The van der Waals surface area contributed by atoms with E-state index in [0.717, 1.165) is 18.6 Å². The van der Waals surface area contributed by atoms with E-state index in [4.69, 9.17) is 13.9 Å². The number of fused-ring (bicyclic) bond motifs is 1. The van der Waals surface area contributed by atoms with Gasteiger partial charge in [-0.05, 0) is 43.9 Å². The maximum Gasteiger partial charge on any atom is 0.289 e. The summed E-state index contributed by atoms with van der Waals surface area (Å²) in [6, 6.07) is 9.29. The smallest absolute Gasteiger partial charge is 0.289 e. The van der Waals surface area contributed by atoms with Crippen LogP contribution in [0.1, 0.15) is 29.2 Å². The minimum Gasteiger partial charge on any atom is -0.477 e. The summed E-state index contributed by atoms with van der Waals surface area (Å²) in [4.78, 5) is 18.9. The average molecular weight is 342 g/mol. The minimum absolute atomic E-state index is 0.0438. The van der Waals surface area contributed by atoms with Crippen LogP contribution in [0.4, 0.5) is 0 Å². The highest BCUT2D eigenvalue weighted by molar-refractivity contribution is 5.92. The van der Waals surface area contributed by atoms with E-state index >= 15 is 0 Å². The van der Waals surface area contributed by atoms with Crippen LogP contribution in [0, 0.1) is 12.8 Å². The molecule has 0 spiro atoms. The fourth-order valence-electron chi connectivity index (χ4n) is 3.77. The van der Waals surface area contributed by atoms with Gasteiger partial charge in [0.15, 0.2) is 5.76 Å². The van der Waals surface area contributed by atoms with Crippen molar-refractivity contribution in [3.63, 3.8) is 0 Å². The van der Waals surface area contributed by atoms with Gasteiger partial charge < -0.3 is 18.8 Å². The van der Waals surface area contributed by atoms with Gasteiger partial charge in [0.2, 0.25) is 5.88 Å². The molecule has 0 radical (unpaired) electrons. The number of hydrogen-bond donors (Lipinski definition) is 0. The number of aromatic nitrogens is 1. The molecule has 3 atom stereocenters. The number of furan rings is 1. The van der Waals surface area contributed by atoms with Gasteiger partial charge in [0.05, 0.1) is 25.4 Å². The summed E-state index contributed by atoms with van der Waals surface area (Å²) < 4.78 is 17.2. The molecule has 1 unspecified atom stereocenters. The Hall–Kier alpha value is -2.34. The molecule has 1 aliphatic carbocycles. The van der Waals surface area contributed by atoms with Gasteiger partial charge in [0.25, 0.3) is 5.91 Å². The topological polar surface area (TPSA) is 64.8 Å². The Morgan fingerprint density at radius 1 is 1.32 bits per heavy atom. The molecule has 0 N–H and O–H groups in total. The van der Waals surface area contributed by atoms with Crippen LogP contribution in [0.25, 0.3) is 0 Å². The number of morpholine rings is 1. The van der Waals surface area contributed by atoms with Gasteiger partial charge in [-0.3, -0.25) is 4.79 Å². The van der Waals surface area contributed by atoms with Gasteiger partial charge in [0.1, 0.15) is 5.76 Å². The van der Waals surface area contributed by atoms with Crippen LogP contribution in [0.3, 0.4) is 0 Å². The highest BCUT2D eigenvalue weighted by Crippen LogP contribution is 2.35. The molecule has 2 aromatic heterocycles. The number of carbonyl (C=O) groups is 1. The highest BCUT2D eigenvalue weighted by atomic mass is 16.5. The molecule has 6 nitrogen and oxygen atoms in total. The predicted molar refractivity (Wildman–Crippen MR) is 90.5 cm³/mol. The molecule has 132 valence electrons. The van der Waals surface area contributed by atoms with Crippen LogP contribution in [0.2, 0.25) is 0 Å². The summed E-state index contributed by atoms with van der Waals surface area (Å²) in [5, 5.41) is 0. The van der Waals surface area contributed by atoms with Crippen LogP contribution in [0.15, 0.2) is 40.9 Å². The number of nitrogens with zero attached hydrogens (tertiary/aromatic N) is 2. The summed E-state index contributed by atoms with van der Waals surface area (Å²) in [5.74, 6) is 2.10. The monoisotopic (exact) mass is 342 g/mol. The fraction of sp³-hybridized carbons (Fsp3) is 0.474. The fourth-order valence-corrected chi connectivity index (χ4v) is 3.77. The normalized spacial score (nSPS) is 25.6. The molecule has 1 saturated heterocycles. The molecule has 0 bridgehead atoms. The van der Waals surface area contributed by atoms with Crippen LogP contribution < -0.4 is 4.74 Å². The van der Waals surface area contributed by atoms with E-state index in [0.29, 0.717) is 37.3 Å². The van der Waals surface area contributed by atoms with E-state index in [2.05, 4.69) is 4.98 Å². The van der Waals surface area contributed by atoms with E-state index in [1.165, 1.54) is 0 Å². The van der Waals surface area contributed by atoms with Crippen molar-refractivity contribution in [2.45, 2.75) is 31.9 Å². The SMILES string of the molecule is Cc1ccc(C(=O)N2CCO[C@H]3CC(COc4ccccn4)C[C@@H]32)o1. The van der Waals surface area contributed by atoms with E-state index in [-0.39, 0.29) is 18.1 Å². The Morgan fingerprint density at radius 3 is 3.00 bits per heavy atom. The molecule has 2 aromatic rings. The molecule has 6 heteroatoms. The molecule has 25 heavy (non-hydrogen) atoms. The number of rotatable bonds is 4. The lowest BCUT2D eigenvalue weighted by Crippen LogP contribution is -2.51. The lowest BCUT2D eigenvalue weighted by molar-refractivity contribution is -0.0457. The summed E-state index contributed by atoms with van der Waals surface area (Å²) in [7, 11) is 0. The first-order valence-corrected chi connectivity index (χ1v) is 8.73. The van der Waals surface area contributed by atoms with Crippen molar-refractivity contribution in [2.24, 2.45) is 5.92 Å². The maximum atomic E-state index is 12.8. The van der Waals surface area contributed by atoms with Gasteiger partial charge in [-0.1, -0.05) is 6.07 Å². The van der Waals surface area contributed by atoms with Crippen molar-refractivity contribution in [2.75, 3.05) is 19.8 Å². The first-order valence-electron chi connectivity index (χ1n) is 8.73. The number of carbonyl (C=O) groups excluding carboxylic acids is 1. The second kappa shape index (κ2) is 6.88. The van der Waals surface area contributed by atoms with Crippen LogP contribution in [0.5, 0.6) is 5.88 Å². The van der Waals surface area contributed by atoms with Crippen LogP contribution in [-0.4, -0.2) is 47.7 Å². The standard InChI is InChI=1S/C19H22N2O4/c1-13-5-6-16(25-13)19(22)21-8-9-23-17-11-14(10-15(17)21)12-24-18-4-2-3-7-20-18/h2-7,14-15,17H,8-12H2,1H3/t14?,15-,17-/m0/s1. The lowest BCUT2D eigenvalue weighted by atomic mass is 10.1. The Balaban J connectivity index is 1.40. The van der Waals surface area contributed by atoms with E-state index in [1.807, 2.05) is 36.1 Å². The van der Waals surface area contributed by atoms with Crippen molar-refractivity contribution < 1.29 is 18.7 Å². The van der Waals surface area contributed by atoms with E-state index in [9.17, 15) is 4.79 Å². The van der Waals surface area contributed by atoms with E-state index in [1.54, 1.807) is 12.3 Å². The largest absolute Gasteiger partial charge is 0.477 e. The van der Waals surface area contributed by atoms with Gasteiger partial charge >= 0.3 is 0 Å². The van der Waals surface area contributed by atoms with Crippen molar-refractivity contribution in [3.8, 4) is 5.88 Å². The molecule has 2 aliphatic rings. The third kappa shape index (κ3) is 3.39. The number of hydrogen-bond acceptors (Lipinski definition) is 5. The van der Waals surface area contributed by atoms with Crippen molar-refractivity contribution in [1.29, 1.82) is 0 Å². The third-order valence-corrected chi connectivity index (χ3v) is 4.95. The summed E-state index contributed by atoms with van der Waals surface area (Å²) in [5.41, 5.74) is 0. The van der Waals surface area contributed by atoms with Gasteiger partial charge in [0, 0.05) is 18.8 Å². The summed E-state index contributed by atoms with van der Waals surface area (Å²) >= 11 is 0. The molecular formula is C19H22N2O4. The van der Waals surface area contributed by atoms with E-state index < -0.39 is 0 Å². The zero-order valence-electron chi connectivity index (χ0n) is 14.3. The van der Waals surface area contributed by atoms with Gasteiger partial charge in [-0.15, -0.1) is 0 Å². The van der Waals surface area contributed by atoms with Gasteiger partial charge in [-0.2, -0.15) is 0 Å². The van der Waals surface area contributed by atoms with Crippen molar-refractivity contribution in [1.82, 2.24) is 9.88 Å². The molecule has 4 rings (SSSR count). The Bertz CT molecular complexity index is 730. The Morgan fingerprint density at radius 2 is 2.24 bits per heavy atom. The van der Waals surface area contributed by atoms with Crippen LogP contribution >= 0.6 is 0 Å². The van der Waals surface area contributed by atoms with Crippen LogP contribution in [-0.2, 0) is 4.74 Å². The number of aryl methyl sites for hydroxylation is 1. The Kier molecular flexibility index (Phi) is 4.44. The molecule has 1 saturated carbocycles. The molecular weight excluding hydrogens is 320 g/mol. The lowest BCUT2D eigenvalue weighted by Gasteiger charge is -2.37. The van der Waals surface area contributed by atoms with Gasteiger partial charge in [-0.25, -0.2) is 4.98 Å². The third-order valence-electron chi connectivity index (χ3n) is 4.95. The second-order valence-corrected chi connectivity index (χ2v) is 6.70. The minimum atomic E-state index is -0.0438. The molecule has 2 fully saturated rings. The molecule has 1 aliphatic heterocycles. The van der Waals surface area contributed by atoms with Crippen molar-refractivity contribution >= 4 is 5.91 Å². The average Bonchev–Trinajstić information content (AvgIpc) is 3.26. The zero-order chi connectivity index (χ0) is 17.2. The Labute approximate surface area is 146 Å². The molecule has 0 aromatic carbocycles. The molecule has 3 heterocycles. The number of pyridine rings is 1. The summed E-state index contributed by atoms with van der Waals surface area (Å²) in [6.07, 6.45) is 3.58. The molecule has 1 amide bonds. The number of amides is 1. The van der Waals surface area contributed by atoms with Crippen molar-refractivity contribution in [3.05, 3.63) is 48.0 Å². The zero-order valence-corrected chi connectivity index (χ0v) is 14.3. The predicted octanol–water partition coefficient (Wildman–Crippen LogP) is 2.68. The number of ether oxygens (including phenoxy) is 2. The summed E-state index contributed by atoms with van der Waals surface area (Å²) in [6.45, 7) is 3.61. The maximum absolute atomic E-state index is 12.8. The quantitative estimate of drug-likeness (QED) is 0.855.